The molecule has 2 unspecified atom stereocenters. The number of carboxylic acids is 1. The maximum absolute atomic E-state index is 12.8. The number of sulfone groups is 1. The van der Waals surface area contributed by atoms with Gasteiger partial charge in [0.2, 0.25) is 0 Å². The van der Waals surface area contributed by atoms with Crippen molar-refractivity contribution >= 4 is 21.7 Å². The van der Waals surface area contributed by atoms with Gasteiger partial charge in [0.25, 0.3) is 5.91 Å². The van der Waals surface area contributed by atoms with Gasteiger partial charge in [0.1, 0.15) is 0 Å². The Bertz CT molecular complexity index is 726. The molecule has 0 saturated carbocycles. The molecule has 1 aromatic carbocycles. The van der Waals surface area contributed by atoms with E-state index in [0.29, 0.717) is 13.0 Å². The van der Waals surface area contributed by atoms with E-state index in [0.717, 1.165) is 0 Å². The van der Waals surface area contributed by atoms with Gasteiger partial charge in [-0.3, -0.25) is 9.59 Å². The predicted octanol–water partition coefficient (Wildman–Crippen LogP) is 1.80. The maximum Gasteiger partial charge on any atom is 0.308 e. The van der Waals surface area contributed by atoms with Crippen LogP contribution >= 0.6 is 0 Å². The van der Waals surface area contributed by atoms with Gasteiger partial charge in [-0.15, -0.1) is 0 Å². The molecule has 7 heteroatoms. The molecule has 2 atom stereocenters. The molecule has 0 bridgehead atoms. The summed E-state index contributed by atoms with van der Waals surface area (Å²) in [4.78, 5) is 25.4. The van der Waals surface area contributed by atoms with Crippen molar-refractivity contribution in [2.24, 2.45) is 5.92 Å². The molecular formula is C16H21NO5S. The van der Waals surface area contributed by atoms with Crippen molar-refractivity contribution in [1.29, 1.82) is 0 Å². The Hall–Kier alpha value is -1.89. The second-order valence-electron chi connectivity index (χ2n) is 6.06. The van der Waals surface area contributed by atoms with Crippen LogP contribution in [0.1, 0.15) is 37.6 Å². The average Bonchev–Trinajstić information content (AvgIpc) is 2.88. The lowest BCUT2D eigenvalue weighted by molar-refractivity contribution is -0.142. The highest BCUT2D eigenvalue weighted by Crippen LogP contribution is 2.28. The van der Waals surface area contributed by atoms with Crippen molar-refractivity contribution in [3.05, 3.63) is 29.8 Å². The summed E-state index contributed by atoms with van der Waals surface area (Å²) in [5.74, 6) is -1.98. The lowest BCUT2D eigenvalue weighted by Crippen LogP contribution is -2.38. The zero-order valence-electron chi connectivity index (χ0n) is 13.4. The first-order chi connectivity index (χ1) is 10.7. The van der Waals surface area contributed by atoms with Crippen LogP contribution in [0.3, 0.4) is 0 Å². The van der Waals surface area contributed by atoms with E-state index < -0.39 is 38.9 Å². The number of amides is 1. The molecule has 126 valence electrons. The number of carbonyl (C=O) groups is 2. The molecule has 1 aliphatic heterocycles. The third-order valence-electron chi connectivity index (χ3n) is 4.38. The van der Waals surface area contributed by atoms with Gasteiger partial charge in [-0.25, -0.2) is 8.42 Å². The van der Waals surface area contributed by atoms with Gasteiger partial charge in [-0.2, -0.15) is 0 Å². The Morgan fingerprint density at radius 2 is 1.87 bits per heavy atom. The first-order valence-corrected chi connectivity index (χ1v) is 9.09. The first kappa shape index (κ1) is 17.5. The number of carboxylic acid groups (broad SMARTS) is 1. The van der Waals surface area contributed by atoms with Gasteiger partial charge < -0.3 is 10.0 Å². The number of rotatable bonds is 4. The third-order valence-corrected chi connectivity index (χ3v) is 6.59. The van der Waals surface area contributed by atoms with Gasteiger partial charge >= 0.3 is 5.97 Å². The lowest BCUT2D eigenvalue weighted by Gasteiger charge is -2.24. The molecule has 6 nitrogen and oxygen atoms in total. The number of carbonyl (C=O) groups excluding carboxylic acids is 1. The van der Waals surface area contributed by atoms with Gasteiger partial charge in [0.05, 0.1) is 21.6 Å². The number of hydrogen-bond donors (Lipinski definition) is 1. The van der Waals surface area contributed by atoms with E-state index >= 15 is 0 Å². The predicted molar refractivity (Wildman–Crippen MR) is 85.0 cm³/mol. The van der Waals surface area contributed by atoms with E-state index in [-0.39, 0.29) is 10.5 Å². The fraction of sp³-hybridized carbons (Fsp3) is 0.500. The van der Waals surface area contributed by atoms with Crippen LogP contribution in [0.2, 0.25) is 0 Å². The van der Waals surface area contributed by atoms with Gasteiger partial charge in [0.15, 0.2) is 9.84 Å². The minimum absolute atomic E-state index is 0.00553. The molecule has 0 radical (unpaired) electrons. The highest BCUT2D eigenvalue weighted by molar-refractivity contribution is 7.92. The Balaban J connectivity index is 2.41. The summed E-state index contributed by atoms with van der Waals surface area (Å²) in [5.41, 5.74) is 0.110. The Labute approximate surface area is 136 Å². The molecule has 1 aliphatic rings. The highest BCUT2D eigenvalue weighted by Gasteiger charge is 2.39. The Morgan fingerprint density at radius 3 is 2.39 bits per heavy atom. The molecule has 2 rings (SSSR count). The zero-order valence-corrected chi connectivity index (χ0v) is 14.2. The quantitative estimate of drug-likeness (QED) is 0.903. The van der Waals surface area contributed by atoms with E-state index in [4.69, 9.17) is 0 Å². The zero-order chi connectivity index (χ0) is 17.4. The fourth-order valence-electron chi connectivity index (χ4n) is 2.86. The fourth-order valence-corrected chi connectivity index (χ4v) is 4.09. The summed E-state index contributed by atoms with van der Waals surface area (Å²) in [6.45, 7) is 5.13. The van der Waals surface area contributed by atoms with Crippen molar-refractivity contribution in [2.45, 2.75) is 43.4 Å². The van der Waals surface area contributed by atoms with Crippen LogP contribution in [0.4, 0.5) is 0 Å². The summed E-state index contributed by atoms with van der Waals surface area (Å²) in [6.07, 6.45) is 0.376. The van der Waals surface area contributed by atoms with Crippen molar-refractivity contribution in [3.63, 3.8) is 0 Å². The third kappa shape index (κ3) is 3.10. The van der Waals surface area contributed by atoms with Crippen LogP contribution in [0.5, 0.6) is 0 Å². The smallest absolute Gasteiger partial charge is 0.308 e. The summed E-state index contributed by atoms with van der Waals surface area (Å²) in [6, 6.07) is 5.65. The summed E-state index contributed by atoms with van der Waals surface area (Å²) >= 11 is 0. The molecular weight excluding hydrogens is 318 g/mol. The number of nitrogens with zero attached hydrogens (tertiary/aromatic N) is 1. The van der Waals surface area contributed by atoms with Crippen molar-refractivity contribution in [2.75, 3.05) is 6.54 Å². The average molecular weight is 339 g/mol. The van der Waals surface area contributed by atoms with Crippen LogP contribution in [-0.4, -0.2) is 48.1 Å². The van der Waals surface area contributed by atoms with Crippen molar-refractivity contribution < 1.29 is 23.1 Å². The minimum atomic E-state index is -3.59. The summed E-state index contributed by atoms with van der Waals surface area (Å²) < 4.78 is 24.9. The number of benzene rings is 1. The molecule has 23 heavy (non-hydrogen) atoms. The van der Waals surface area contributed by atoms with Crippen molar-refractivity contribution in [1.82, 2.24) is 4.90 Å². The van der Waals surface area contributed by atoms with E-state index in [1.165, 1.54) is 17.0 Å². The Kier molecular flexibility index (Phi) is 4.79. The highest BCUT2D eigenvalue weighted by atomic mass is 32.2. The topological polar surface area (TPSA) is 91.8 Å². The van der Waals surface area contributed by atoms with Crippen LogP contribution in [-0.2, 0) is 14.6 Å². The lowest BCUT2D eigenvalue weighted by atomic mass is 10.0. The van der Waals surface area contributed by atoms with E-state index in [9.17, 15) is 23.1 Å². The van der Waals surface area contributed by atoms with Crippen molar-refractivity contribution in [3.8, 4) is 0 Å². The standard InChI is InChI=1S/C16H21NO5S/c1-10(2)23(21,22)14-7-5-4-6-13(14)15(18)17-9-8-12(11(17)3)16(19)20/h4-7,10-12H,8-9H2,1-3H3,(H,19,20). The summed E-state index contributed by atoms with van der Waals surface area (Å²) in [5, 5.41) is 8.54. The van der Waals surface area contributed by atoms with Gasteiger partial charge in [0, 0.05) is 12.6 Å². The molecule has 1 fully saturated rings. The van der Waals surface area contributed by atoms with Crippen LogP contribution < -0.4 is 0 Å². The molecule has 0 spiro atoms. The molecule has 1 N–H and O–H groups in total. The van der Waals surface area contributed by atoms with Crippen LogP contribution in [0.25, 0.3) is 0 Å². The van der Waals surface area contributed by atoms with E-state index in [1.54, 1.807) is 32.9 Å². The normalized spacial score (nSPS) is 21.7. The van der Waals surface area contributed by atoms with E-state index in [1.807, 2.05) is 0 Å². The molecule has 1 aromatic rings. The number of aliphatic carboxylic acids is 1. The molecule has 1 amide bonds. The largest absolute Gasteiger partial charge is 0.481 e. The number of hydrogen-bond acceptors (Lipinski definition) is 4. The van der Waals surface area contributed by atoms with Gasteiger partial charge in [-0.1, -0.05) is 12.1 Å². The maximum atomic E-state index is 12.8. The Morgan fingerprint density at radius 1 is 1.26 bits per heavy atom. The van der Waals surface area contributed by atoms with E-state index in [2.05, 4.69) is 0 Å². The SMILES string of the molecule is CC1C(C(=O)O)CCN1C(=O)c1ccccc1S(=O)(=O)C(C)C. The van der Waals surface area contributed by atoms with Crippen LogP contribution in [0, 0.1) is 5.92 Å². The molecule has 0 aromatic heterocycles. The first-order valence-electron chi connectivity index (χ1n) is 7.54. The van der Waals surface area contributed by atoms with Crippen LogP contribution in [0.15, 0.2) is 29.2 Å². The molecule has 1 heterocycles. The van der Waals surface area contributed by atoms with Gasteiger partial charge in [-0.05, 0) is 39.3 Å². The minimum Gasteiger partial charge on any atom is -0.481 e. The second-order valence-corrected chi connectivity index (χ2v) is 8.54. The summed E-state index contributed by atoms with van der Waals surface area (Å²) in [7, 11) is -3.59. The second kappa shape index (κ2) is 6.31. The monoisotopic (exact) mass is 339 g/mol. The number of likely N-dealkylation sites (tertiary alicyclic amines) is 1. The molecule has 0 aliphatic carbocycles. The molecule has 1 saturated heterocycles.